The highest BCUT2D eigenvalue weighted by atomic mass is 35.5. The maximum Gasteiger partial charge on any atom is 0.267 e. The summed E-state index contributed by atoms with van der Waals surface area (Å²) < 4.78 is 5.64. The number of hydrogen-bond acceptors (Lipinski definition) is 5. The number of nitrogens with zero attached hydrogens (tertiary/aromatic N) is 4. The summed E-state index contributed by atoms with van der Waals surface area (Å²) in [6, 6.07) is 6.89. The van der Waals surface area contributed by atoms with E-state index < -0.39 is 0 Å². The van der Waals surface area contributed by atoms with Crippen molar-refractivity contribution in [2.45, 2.75) is 0 Å². The molecule has 0 saturated heterocycles. The van der Waals surface area contributed by atoms with Gasteiger partial charge in [0.25, 0.3) is 5.56 Å². The summed E-state index contributed by atoms with van der Waals surface area (Å²) in [6.45, 7) is 0. The Morgan fingerprint density at radius 2 is 2.00 bits per heavy atom. The van der Waals surface area contributed by atoms with E-state index in [1.54, 1.807) is 24.4 Å². The highest BCUT2D eigenvalue weighted by molar-refractivity contribution is 7.10. The first-order valence-corrected chi connectivity index (χ1v) is 8.92. The van der Waals surface area contributed by atoms with Crippen LogP contribution in [0.1, 0.15) is 0 Å². The third-order valence-electron chi connectivity index (χ3n) is 3.98. The molecule has 0 saturated carbocycles. The first-order valence-electron chi connectivity index (χ1n) is 7.39. The van der Waals surface area contributed by atoms with Gasteiger partial charge in [-0.3, -0.25) is 9.36 Å². The minimum atomic E-state index is -0.198. The van der Waals surface area contributed by atoms with E-state index in [2.05, 4.69) is 9.36 Å². The molecule has 5 nitrogen and oxygen atoms in total. The number of fused-ring (bicyclic) bond motifs is 3. The van der Waals surface area contributed by atoms with Gasteiger partial charge in [-0.25, -0.2) is 9.36 Å². The minimum Gasteiger partial charge on any atom is -0.375 e. The third-order valence-corrected chi connectivity index (χ3v) is 5.37. The lowest BCUT2D eigenvalue weighted by atomic mass is 10.2. The number of aromatic nitrogens is 3. The summed E-state index contributed by atoms with van der Waals surface area (Å²) in [5.74, 6) is 0. The average molecular weight is 391 g/mol. The number of hydrogen-bond donors (Lipinski definition) is 0. The molecule has 0 atom stereocenters. The minimum absolute atomic E-state index is 0.198. The van der Waals surface area contributed by atoms with Crippen molar-refractivity contribution in [2.75, 3.05) is 19.0 Å². The second kappa shape index (κ2) is 5.98. The molecule has 1 aliphatic heterocycles. The molecular formula is C17H12Cl2N4OS. The van der Waals surface area contributed by atoms with Crippen LogP contribution in [0.15, 0.2) is 41.6 Å². The summed E-state index contributed by atoms with van der Waals surface area (Å²) in [7, 11) is 3.86. The normalized spacial score (nSPS) is 11.4. The third kappa shape index (κ3) is 2.49. The summed E-state index contributed by atoms with van der Waals surface area (Å²) in [6.07, 6.45) is 3.22. The molecular weight excluding hydrogens is 379 g/mol. The first kappa shape index (κ1) is 16.3. The van der Waals surface area contributed by atoms with Crippen LogP contribution in [0.3, 0.4) is 0 Å². The molecule has 0 bridgehead atoms. The van der Waals surface area contributed by atoms with Gasteiger partial charge >= 0.3 is 0 Å². The van der Waals surface area contributed by atoms with Crippen molar-refractivity contribution < 1.29 is 0 Å². The highest BCUT2D eigenvalue weighted by Crippen LogP contribution is 2.43. The van der Waals surface area contributed by atoms with Crippen LogP contribution >= 0.6 is 34.7 Å². The van der Waals surface area contributed by atoms with Gasteiger partial charge in [0, 0.05) is 30.9 Å². The molecule has 2 aromatic rings. The van der Waals surface area contributed by atoms with E-state index in [4.69, 9.17) is 23.2 Å². The second-order valence-electron chi connectivity index (χ2n) is 5.74. The molecule has 2 aliphatic rings. The Morgan fingerprint density at radius 1 is 1.20 bits per heavy atom. The lowest BCUT2D eigenvalue weighted by molar-refractivity contribution is 0.964. The van der Waals surface area contributed by atoms with Crippen LogP contribution in [0, 0.1) is 0 Å². The molecule has 1 aromatic heterocycles. The standard InChI is InChI=1S/C17H12Cl2N4OS/c1-22(2)15-10-5-6-21-25-16(10)13-14(15)20-8-23(17(13)24)12-7-9(18)3-4-11(12)19/h3-8H,1-2H3. The van der Waals surface area contributed by atoms with E-state index in [9.17, 15) is 4.79 Å². The molecule has 0 fully saturated rings. The lowest BCUT2D eigenvalue weighted by Gasteiger charge is -2.13. The van der Waals surface area contributed by atoms with E-state index in [0.717, 1.165) is 16.1 Å². The van der Waals surface area contributed by atoms with Crippen LogP contribution in [0.4, 0.5) is 5.69 Å². The van der Waals surface area contributed by atoms with Crippen LogP contribution in [0.25, 0.3) is 27.0 Å². The number of benzene rings is 1. The Labute approximate surface area is 157 Å². The zero-order valence-electron chi connectivity index (χ0n) is 13.3. The van der Waals surface area contributed by atoms with Crippen LogP contribution in [0.2, 0.25) is 10.0 Å². The summed E-state index contributed by atoms with van der Waals surface area (Å²) in [5, 5.41) is 1.46. The molecule has 8 heteroatoms. The maximum absolute atomic E-state index is 13.2. The number of halogens is 2. The SMILES string of the molecule is CN(C)c1c2ccnsc-2c2c(=O)n(-c3cc(Cl)ccc3Cl)cnc12. The van der Waals surface area contributed by atoms with Crippen LogP contribution < -0.4 is 10.5 Å². The van der Waals surface area contributed by atoms with Gasteiger partial charge in [0.2, 0.25) is 0 Å². The Hall–Kier alpha value is -2.15. The fourth-order valence-electron chi connectivity index (χ4n) is 2.94. The maximum atomic E-state index is 13.2. The molecule has 0 unspecified atom stereocenters. The van der Waals surface area contributed by atoms with Crippen molar-refractivity contribution in [2.24, 2.45) is 0 Å². The second-order valence-corrected chi connectivity index (χ2v) is 7.38. The molecule has 1 aromatic carbocycles. The van der Waals surface area contributed by atoms with Crippen molar-refractivity contribution in [1.29, 1.82) is 0 Å². The van der Waals surface area contributed by atoms with Gasteiger partial charge in [-0.05, 0) is 35.8 Å². The fraction of sp³-hybridized carbons (Fsp3) is 0.118. The van der Waals surface area contributed by atoms with Crippen molar-refractivity contribution in [3.8, 4) is 16.1 Å². The Bertz CT molecular complexity index is 1140. The monoisotopic (exact) mass is 390 g/mol. The van der Waals surface area contributed by atoms with E-state index in [0.29, 0.717) is 26.6 Å². The van der Waals surface area contributed by atoms with E-state index in [1.807, 2.05) is 25.1 Å². The van der Waals surface area contributed by atoms with Gasteiger partial charge in [0.15, 0.2) is 0 Å². The van der Waals surface area contributed by atoms with E-state index in [1.165, 1.54) is 22.4 Å². The molecule has 1 aliphatic carbocycles. The predicted octanol–water partition coefficient (Wildman–Crippen LogP) is 4.32. The number of anilines is 1. The van der Waals surface area contributed by atoms with E-state index in [-0.39, 0.29) is 5.56 Å². The van der Waals surface area contributed by atoms with Crippen molar-refractivity contribution in [3.05, 3.63) is 57.2 Å². The van der Waals surface area contributed by atoms with Crippen molar-refractivity contribution >= 4 is 51.3 Å². The summed E-state index contributed by atoms with van der Waals surface area (Å²) in [5.41, 5.74) is 2.83. The predicted molar refractivity (Wildman–Crippen MR) is 104 cm³/mol. The smallest absolute Gasteiger partial charge is 0.267 e. The van der Waals surface area contributed by atoms with Gasteiger partial charge in [0.05, 0.1) is 26.7 Å². The van der Waals surface area contributed by atoms with Crippen LogP contribution in [0.5, 0.6) is 0 Å². The van der Waals surface area contributed by atoms with Gasteiger partial charge in [0.1, 0.15) is 11.8 Å². The summed E-state index contributed by atoms with van der Waals surface area (Å²) in [4.78, 5) is 20.5. The molecule has 0 spiro atoms. The Morgan fingerprint density at radius 3 is 2.76 bits per heavy atom. The van der Waals surface area contributed by atoms with Gasteiger partial charge in [-0.15, -0.1) is 0 Å². The van der Waals surface area contributed by atoms with Crippen LogP contribution in [-0.4, -0.2) is 28.0 Å². The Balaban J connectivity index is 2.12. The molecule has 0 N–H and O–H groups in total. The molecule has 4 rings (SSSR count). The molecule has 126 valence electrons. The van der Waals surface area contributed by atoms with Crippen LogP contribution in [-0.2, 0) is 0 Å². The fourth-order valence-corrected chi connectivity index (χ4v) is 4.08. The first-order chi connectivity index (χ1) is 12.0. The largest absolute Gasteiger partial charge is 0.375 e. The lowest BCUT2D eigenvalue weighted by Crippen LogP contribution is -2.19. The van der Waals surface area contributed by atoms with Gasteiger partial charge < -0.3 is 4.90 Å². The topological polar surface area (TPSA) is 51.0 Å². The molecule has 0 radical (unpaired) electrons. The zero-order chi connectivity index (χ0) is 17.7. The average Bonchev–Trinajstić information content (AvgIpc) is 2.93. The number of rotatable bonds is 2. The molecule has 25 heavy (non-hydrogen) atoms. The van der Waals surface area contributed by atoms with Crippen molar-refractivity contribution in [1.82, 2.24) is 13.9 Å². The Kier molecular flexibility index (Phi) is 3.91. The van der Waals surface area contributed by atoms with Gasteiger partial charge in [-0.1, -0.05) is 23.2 Å². The zero-order valence-corrected chi connectivity index (χ0v) is 15.7. The van der Waals surface area contributed by atoms with Crippen molar-refractivity contribution in [3.63, 3.8) is 0 Å². The highest BCUT2D eigenvalue weighted by Gasteiger charge is 2.24. The summed E-state index contributed by atoms with van der Waals surface area (Å²) >= 11 is 13.6. The quantitative estimate of drug-likeness (QED) is 0.511. The molecule has 2 heterocycles. The van der Waals surface area contributed by atoms with Gasteiger partial charge in [-0.2, -0.15) is 0 Å². The van der Waals surface area contributed by atoms with E-state index >= 15 is 0 Å². The molecule has 0 amide bonds.